The van der Waals surface area contributed by atoms with Gasteiger partial charge in [-0.25, -0.2) is 0 Å². The van der Waals surface area contributed by atoms with Gasteiger partial charge in [-0.15, -0.1) is 0 Å². The summed E-state index contributed by atoms with van der Waals surface area (Å²) >= 11 is 0. The molecule has 3 aromatic carbocycles. The summed E-state index contributed by atoms with van der Waals surface area (Å²) < 4.78 is 0. The van der Waals surface area contributed by atoms with Gasteiger partial charge < -0.3 is 10.2 Å². The Balaban J connectivity index is 1.72. The molecule has 1 N–H and O–H groups in total. The Morgan fingerprint density at radius 2 is 1.52 bits per heavy atom. The molecule has 3 aromatic rings. The van der Waals surface area contributed by atoms with Crippen molar-refractivity contribution in [2.45, 2.75) is 18.9 Å². The maximum absolute atomic E-state index is 13.6. The topological polar surface area (TPSA) is 49.4 Å². The number of hydrogen-bond acceptors (Lipinski definition) is 2. The molecule has 0 bridgehead atoms. The first kappa shape index (κ1) is 17.0. The molecule has 27 heavy (non-hydrogen) atoms. The molecule has 4 heteroatoms. The van der Waals surface area contributed by atoms with Crippen LogP contribution < -0.4 is 10.2 Å². The SMILES string of the molecule is O=C1CC(C(=O)N(Cc2ccccc2)c2ccccc2)c2ccccc2N1. The van der Waals surface area contributed by atoms with Gasteiger partial charge in [0.05, 0.1) is 12.5 Å². The minimum atomic E-state index is -0.487. The summed E-state index contributed by atoms with van der Waals surface area (Å²) in [5, 5.41) is 2.86. The van der Waals surface area contributed by atoms with Crippen LogP contribution in [0.25, 0.3) is 0 Å². The van der Waals surface area contributed by atoms with E-state index < -0.39 is 5.92 Å². The molecule has 1 aliphatic heterocycles. The van der Waals surface area contributed by atoms with Crippen molar-refractivity contribution in [3.63, 3.8) is 0 Å². The van der Waals surface area contributed by atoms with E-state index in [9.17, 15) is 9.59 Å². The molecule has 1 aliphatic rings. The lowest BCUT2D eigenvalue weighted by atomic mass is 9.89. The summed E-state index contributed by atoms with van der Waals surface area (Å²) in [6.45, 7) is 0.462. The average molecular weight is 356 g/mol. The number of amides is 2. The van der Waals surface area contributed by atoms with Crippen LogP contribution in [0.3, 0.4) is 0 Å². The molecule has 0 aliphatic carbocycles. The fourth-order valence-electron chi connectivity index (χ4n) is 3.49. The number of nitrogens with one attached hydrogen (secondary N) is 1. The second-order valence-electron chi connectivity index (χ2n) is 6.64. The lowest BCUT2D eigenvalue weighted by molar-refractivity contribution is -0.124. The number of nitrogens with zero attached hydrogens (tertiary/aromatic N) is 1. The smallest absolute Gasteiger partial charge is 0.235 e. The molecule has 0 saturated heterocycles. The fraction of sp³-hybridized carbons (Fsp3) is 0.130. The molecule has 0 saturated carbocycles. The number of rotatable bonds is 4. The Hall–Kier alpha value is -3.40. The van der Waals surface area contributed by atoms with Crippen LogP contribution in [0.15, 0.2) is 84.9 Å². The van der Waals surface area contributed by atoms with Gasteiger partial charge in [-0.05, 0) is 29.3 Å². The molecular weight excluding hydrogens is 336 g/mol. The van der Waals surface area contributed by atoms with Gasteiger partial charge in [0.15, 0.2) is 0 Å². The Bertz CT molecular complexity index is 954. The summed E-state index contributed by atoms with van der Waals surface area (Å²) in [5.41, 5.74) is 3.47. The zero-order valence-corrected chi connectivity index (χ0v) is 14.8. The third-order valence-corrected chi connectivity index (χ3v) is 4.82. The van der Waals surface area contributed by atoms with E-state index in [2.05, 4.69) is 5.32 Å². The molecule has 1 heterocycles. The summed E-state index contributed by atoms with van der Waals surface area (Å²) in [6, 6.07) is 27.0. The van der Waals surface area contributed by atoms with Crippen LogP contribution in [0.1, 0.15) is 23.5 Å². The number of fused-ring (bicyclic) bond motifs is 1. The van der Waals surface area contributed by atoms with Gasteiger partial charge >= 0.3 is 0 Å². The first-order valence-electron chi connectivity index (χ1n) is 9.01. The number of para-hydroxylation sites is 2. The van der Waals surface area contributed by atoms with Crippen LogP contribution >= 0.6 is 0 Å². The van der Waals surface area contributed by atoms with Crippen LogP contribution in [0.2, 0.25) is 0 Å². The van der Waals surface area contributed by atoms with Crippen molar-refractivity contribution >= 4 is 23.2 Å². The van der Waals surface area contributed by atoms with E-state index in [1.807, 2.05) is 84.9 Å². The fourth-order valence-corrected chi connectivity index (χ4v) is 3.49. The van der Waals surface area contributed by atoms with Gasteiger partial charge in [-0.3, -0.25) is 9.59 Å². The number of hydrogen-bond donors (Lipinski definition) is 1. The number of carbonyl (C=O) groups excluding carboxylic acids is 2. The monoisotopic (exact) mass is 356 g/mol. The maximum atomic E-state index is 13.6. The highest BCUT2D eigenvalue weighted by Gasteiger charge is 2.33. The van der Waals surface area contributed by atoms with Crippen molar-refractivity contribution in [1.82, 2.24) is 0 Å². The van der Waals surface area contributed by atoms with Gasteiger partial charge in [0.25, 0.3) is 0 Å². The lowest BCUT2D eigenvalue weighted by Crippen LogP contribution is -2.38. The molecule has 0 fully saturated rings. The van der Waals surface area contributed by atoms with Gasteiger partial charge in [0.2, 0.25) is 11.8 Å². The predicted octanol–water partition coefficient (Wildman–Crippen LogP) is 4.35. The first-order valence-corrected chi connectivity index (χ1v) is 9.01. The molecule has 1 unspecified atom stereocenters. The molecule has 134 valence electrons. The molecule has 0 spiro atoms. The molecule has 4 nitrogen and oxygen atoms in total. The normalized spacial score (nSPS) is 15.6. The molecular formula is C23H20N2O2. The minimum Gasteiger partial charge on any atom is -0.326 e. The van der Waals surface area contributed by atoms with Gasteiger partial charge in [-0.2, -0.15) is 0 Å². The highest BCUT2D eigenvalue weighted by molar-refractivity contribution is 6.06. The van der Waals surface area contributed by atoms with Crippen LogP contribution in [0, 0.1) is 0 Å². The highest BCUT2D eigenvalue weighted by atomic mass is 16.2. The Morgan fingerprint density at radius 3 is 2.26 bits per heavy atom. The molecule has 0 aromatic heterocycles. The van der Waals surface area contributed by atoms with E-state index in [1.165, 1.54) is 0 Å². The standard InChI is InChI=1S/C23H20N2O2/c26-22-15-20(19-13-7-8-14-21(19)24-22)23(27)25(18-11-5-2-6-12-18)16-17-9-3-1-4-10-17/h1-14,20H,15-16H2,(H,24,26). The molecule has 4 rings (SSSR count). The summed E-state index contributed by atoms with van der Waals surface area (Å²) in [4.78, 5) is 27.5. The van der Waals surface area contributed by atoms with Crippen LogP contribution in [0.4, 0.5) is 11.4 Å². The van der Waals surface area contributed by atoms with E-state index >= 15 is 0 Å². The Kier molecular flexibility index (Phi) is 4.71. The van der Waals surface area contributed by atoms with Crippen molar-refractivity contribution in [2.75, 3.05) is 10.2 Å². The second-order valence-corrected chi connectivity index (χ2v) is 6.64. The summed E-state index contributed by atoms with van der Waals surface area (Å²) in [5.74, 6) is -0.675. The van der Waals surface area contributed by atoms with Gasteiger partial charge in [-0.1, -0.05) is 66.7 Å². The summed E-state index contributed by atoms with van der Waals surface area (Å²) in [6.07, 6.45) is 0.161. The quantitative estimate of drug-likeness (QED) is 0.756. The zero-order valence-electron chi connectivity index (χ0n) is 14.8. The second kappa shape index (κ2) is 7.46. The molecule has 0 radical (unpaired) electrons. The number of anilines is 2. The van der Waals surface area contributed by atoms with Crippen molar-refractivity contribution in [2.24, 2.45) is 0 Å². The first-order chi connectivity index (χ1) is 13.2. The lowest BCUT2D eigenvalue weighted by Gasteiger charge is -2.31. The van der Waals surface area contributed by atoms with Crippen LogP contribution in [-0.2, 0) is 16.1 Å². The number of benzene rings is 3. The largest absolute Gasteiger partial charge is 0.326 e. The highest BCUT2D eigenvalue weighted by Crippen LogP contribution is 2.34. The predicted molar refractivity (Wildman–Crippen MR) is 107 cm³/mol. The van der Waals surface area contributed by atoms with Crippen LogP contribution in [0.5, 0.6) is 0 Å². The minimum absolute atomic E-state index is 0.0626. The Morgan fingerprint density at radius 1 is 0.889 bits per heavy atom. The van der Waals surface area contributed by atoms with Gasteiger partial charge in [0.1, 0.15) is 0 Å². The molecule has 1 atom stereocenters. The number of carbonyl (C=O) groups is 2. The van der Waals surface area contributed by atoms with E-state index in [1.54, 1.807) is 4.90 Å². The van der Waals surface area contributed by atoms with Crippen LogP contribution in [-0.4, -0.2) is 11.8 Å². The van der Waals surface area contributed by atoms with E-state index in [0.717, 1.165) is 22.5 Å². The van der Waals surface area contributed by atoms with E-state index in [4.69, 9.17) is 0 Å². The van der Waals surface area contributed by atoms with Crippen molar-refractivity contribution in [3.05, 3.63) is 96.1 Å². The third kappa shape index (κ3) is 3.60. The third-order valence-electron chi connectivity index (χ3n) is 4.82. The van der Waals surface area contributed by atoms with E-state index in [0.29, 0.717) is 6.54 Å². The van der Waals surface area contributed by atoms with Crippen molar-refractivity contribution in [3.8, 4) is 0 Å². The van der Waals surface area contributed by atoms with Gasteiger partial charge in [0, 0.05) is 17.8 Å². The van der Waals surface area contributed by atoms with E-state index in [-0.39, 0.29) is 18.2 Å². The summed E-state index contributed by atoms with van der Waals surface area (Å²) in [7, 11) is 0. The van der Waals surface area contributed by atoms with Crippen molar-refractivity contribution < 1.29 is 9.59 Å². The maximum Gasteiger partial charge on any atom is 0.235 e. The Labute approximate surface area is 158 Å². The molecule has 2 amide bonds. The average Bonchev–Trinajstić information content (AvgIpc) is 2.72. The zero-order chi connectivity index (χ0) is 18.6. The van der Waals surface area contributed by atoms with Crippen molar-refractivity contribution in [1.29, 1.82) is 0 Å².